The van der Waals surface area contributed by atoms with Crippen LogP contribution in [-0.2, 0) is 6.42 Å². The van der Waals surface area contributed by atoms with Crippen molar-refractivity contribution in [3.8, 4) is 0 Å². The summed E-state index contributed by atoms with van der Waals surface area (Å²) in [4.78, 5) is 12.2. The van der Waals surface area contributed by atoms with Gasteiger partial charge in [0.15, 0.2) is 0 Å². The maximum absolute atomic E-state index is 13.4. The van der Waals surface area contributed by atoms with Crippen LogP contribution in [0.15, 0.2) is 34.1 Å². The summed E-state index contributed by atoms with van der Waals surface area (Å²) in [6.07, 6.45) is 0.756. The number of hydrogen-bond acceptors (Lipinski definition) is 3. The van der Waals surface area contributed by atoms with Crippen LogP contribution in [0.1, 0.15) is 15.2 Å². The number of anilines is 1. The molecule has 3 nitrogen and oxygen atoms in total. The Balaban J connectivity index is 2.03. The number of rotatable bonds is 5. The van der Waals surface area contributed by atoms with E-state index in [-0.39, 0.29) is 5.56 Å². The normalized spacial score (nSPS) is 10.4. The highest BCUT2D eigenvalue weighted by atomic mass is 79.9. The average Bonchev–Trinajstić information content (AvgIpc) is 2.74. The Morgan fingerprint density at radius 2 is 2.16 bits per heavy atom. The van der Waals surface area contributed by atoms with Gasteiger partial charge in [-0.05, 0) is 46.6 Å². The number of nitrogens with one attached hydrogen (secondary N) is 1. The third-order valence-electron chi connectivity index (χ3n) is 2.54. The molecule has 0 atom stereocenters. The summed E-state index contributed by atoms with van der Waals surface area (Å²) in [6.45, 7) is 0.552. The molecule has 0 aliphatic carbocycles. The molecule has 0 radical (unpaired) electrons. The molecule has 0 aliphatic heterocycles. The zero-order chi connectivity index (χ0) is 13.8. The standard InChI is InChI=1S/C13H11BrFNO2S/c14-11-5-4-8(19-11)6-7-16-10-3-1-2-9(15)12(10)13(17)18/h1-5,16H,6-7H2,(H,17,18). The van der Waals surface area contributed by atoms with E-state index in [9.17, 15) is 9.18 Å². The largest absolute Gasteiger partial charge is 0.478 e. The fourth-order valence-corrected chi connectivity index (χ4v) is 3.18. The van der Waals surface area contributed by atoms with Gasteiger partial charge in [-0.25, -0.2) is 9.18 Å². The lowest BCUT2D eigenvalue weighted by molar-refractivity contribution is 0.0693. The first-order valence-electron chi connectivity index (χ1n) is 5.58. The lowest BCUT2D eigenvalue weighted by Crippen LogP contribution is -2.10. The van der Waals surface area contributed by atoms with Crippen LogP contribution in [0, 0.1) is 5.82 Å². The Bertz CT molecular complexity index is 600. The van der Waals surface area contributed by atoms with Crippen LogP contribution < -0.4 is 5.32 Å². The molecule has 1 heterocycles. The molecule has 1 aromatic carbocycles. The number of carbonyl (C=O) groups is 1. The van der Waals surface area contributed by atoms with Gasteiger partial charge in [0.05, 0.1) is 9.47 Å². The quantitative estimate of drug-likeness (QED) is 0.862. The van der Waals surface area contributed by atoms with Crippen molar-refractivity contribution < 1.29 is 14.3 Å². The molecule has 0 bridgehead atoms. The van der Waals surface area contributed by atoms with E-state index < -0.39 is 11.8 Å². The number of carboxylic acid groups (broad SMARTS) is 1. The minimum Gasteiger partial charge on any atom is -0.478 e. The molecule has 0 aliphatic rings. The number of halogens is 2. The van der Waals surface area contributed by atoms with Gasteiger partial charge in [-0.15, -0.1) is 11.3 Å². The van der Waals surface area contributed by atoms with Crippen molar-refractivity contribution in [1.82, 2.24) is 0 Å². The summed E-state index contributed by atoms with van der Waals surface area (Å²) in [6, 6.07) is 8.17. The van der Waals surface area contributed by atoms with E-state index in [2.05, 4.69) is 21.2 Å². The maximum Gasteiger partial charge on any atom is 0.340 e. The van der Waals surface area contributed by atoms with E-state index >= 15 is 0 Å². The van der Waals surface area contributed by atoms with Crippen molar-refractivity contribution in [2.45, 2.75) is 6.42 Å². The van der Waals surface area contributed by atoms with Gasteiger partial charge in [0, 0.05) is 11.4 Å². The van der Waals surface area contributed by atoms with Gasteiger partial charge in [0.1, 0.15) is 11.4 Å². The van der Waals surface area contributed by atoms with E-state index in [0.717, 1.165) is 16.3 Å². The second kappa shape index (κ2) is 6.16. The third kappa shape index (κ3) is 3.54. The van der Waals surface area contributed by atoms with E-state index in [1.54, 1.807) is 17.4 Å². The molecule has 0 fully saturated rings. The smallest absolute Gasteiger partial charge is 0.340 e. The van der Waals surface area contributed by atoms with Gasteiger partial charge in [-0.1, -0.05) is 6.07 Å². The van der Waals surface area contributed by atoms with Crippen LogP contribution >= 0.6 is 27.3 Å². The number of thiophene rings is 1. The first-order valence-corrected chi connectivity index (χ1v) is 7.19. The number of benzene rings is 1. The summed E-state index contributed by atoms with van der Waals surface area (Å²) in [7, 11) is 0. The molecule has 0 spiro atoms. The van der Waals surface area contributed by atoms with Crippen LogP contribution in [0.4, 0.5) is 10.1 Å². The predicted octanol–water partition coefficient (Wildman–Crippen LogP) is 4.00. The van der Waals surface area contributed by atoms with Crippen LogP contribution in [0.5, 0.6) is 0 Å². The van der Waals surface area contributed by atoms with Crippen molar-refractivity contribution in [3.63, 3.8) is 0 Å². The summed E-state index contributed by atoms with van der Waals surface area (Å²) in [5.74, 6) is -1.99. The molecule has 1 aromatic heterocycles. The van der Waals surface area contributed by atoms with Crippen LogP contribution in [0.3, 0.4) is 0 Å². The van der Waals surface area contributed by atoms with Gasteiger partial charge in [-0.3, -0.25) is 0 Å². The zero-order valence-electron chi connectivity index (χ0n) is 9.82. The summed E-state index contributed by atoms with van der Waals surface area (Å²) in [5, 5.41) is 11.9. The minimum atomic E-state index is -1.26. The fourth-order valence-electron chi connectivity index (χ4n) is 1.70. The molecular weight excluding hydrogens is 333 g/mol. The second-order valence-electron chi connectivity index (χ2n) is 3.85. The van der Waals surface area contributed by atoms with Crippen molar-refractivity contribution >= 4 is 38.9 Å². The van der Waals surface area contributed by atoms with E-state index in [4.69, 9.17) is 5.11 Å². The number of aromatic carboxylic acids is 1. The van der Waals surface area contributed by atoms with Crippen molar-refractivity contribution in [1.29, 1.82) is 0 Å². The Labute approximate surface area is 122 Å². The molecule has 0 amide bonds. The second-order valence-corrected chi connectivity index (χ2v) is 6.40. The van der Waals surface area contributed by atoms with Crippen LogP contribution in [0.2, 0.25) is 0 Å². The van der Waals surface area contributed by atoms with Gasteiger partial charge >= 0.3 is 5.97 Å². The summed E-state index contributed by atoms with van der Waals surface area (Å²) < 4.78 is 14.5. The topological polar surface area (TPSA) is 49.3 Å². The molecule has 0 unspecified atom stereocenters. The first kappa shape index (κ1) is 14.0. The first-order chi connectivity index (χ1) is 9.08. The highest BCUT2D eigenvalue weighted by Crippen LogP contribution is 2.23. The van der Waals surface area contributed by atoms with Gasteiger partial charge in [0.25, 0.3) is 0 Å². The summed E-state index contributed by atoms with van der Waals surface area (Å²) >= 11 is 5.00. The van der Waals surface area contributed by atoms with Gasteiger partial charge in [0.2, 0.25) is 0 Å². The van der Waals surface area contributed by atoms with E-state index in [1.807, 2.05) is 12.1 Å². The van der Waals surface area contributed by atoms with Gasteiger partial charge in [-0.2, -0.15) is 0 Å². The monoisotopic (exact) mass is 343 g/mol. The minimum absolute atomic E-state index is 0.308. The Hall–Kier alpha value is -1.40. The van der Waals surface area contributed by atoms with Gasteiger partial charge < -0.3 is 10.4 Å². The van der Waals surface area contributed by atoms with Crippen LogP contribution in [-0.4, -0.2) is 17.6 Å². The molecule has 0 saturated heterocycles. The SMILES string of the molecule is O=C(O)c1c(F)cccc1NCCc1ccc(Br)s1. The molecule has 0 saturated carbocycles. The molecule has 2 N–H and O–H groups in total. The lowest BCUT2D eigenvalue weighted by atomic mass is 10.1. The maximum atomic E-state index is 13.4. The zero-order valence-corrected chi connectivity index (χ0v) is 12.2. The molecule has 100 valence electrons. The highest BCUT2D eigenvalue weighted by Gasteiger charge is 2.15. The highest BCUT2D eigenvalue weighted by molar-refractivity contribution is 9.11. The lowest BCUT2D eigenvalue weighted by Gasteiger charge is -2.09. The molecular formula is C13H11BrFNO2S. The average molecular weight is 344 g/mol. The Morgan fingerprint density at radius 3 is 2.79 bits per heavy atom. The molecule has 6 heteroatoms. The summed E-state index contributed by atoms with van der Waals surface area (Å²) in [5.41, 5.74) is -0.00187. The predicted molar refractivity (Wildman–Crippen MR) is 77.6 cm³/mol. The Kier molecular flexibility index (Phi) is 4.55. The number of carboxylic acids is 1. The van der Waals surface area contributed by atoms with Crippen molar-refractivity contribution in [2.24, 2.45) is 0 Å². The number of hydrogen-bond donors (Lipinski definition) is 2. The van der Waals surface area contributed by atoms with Crippen molar-refractivity contribution in [3.05, 3.63) is 50.4 Å². The molecule has 2 rings (SSSR count). The Morgan fingerprint density at radius 1 is 1.37 bits per heavy atom. The fraction of sp³-hybridized carbons (Fsp3) is 0.154. The third-order valence-corrected chi connectivity index (χ3v) is 4.23. The van der Waals surface area contributed by atoms with Crippen molar-refractivity contribution in [2.75, 3.05) is 11.9 Å². The van der Waals surface area contributed by atoms with E-state index in [1.165, 1.54) is 10.9 Å². The molecule has 2 aromatic rings. The van der Waals surface area contributed by atoms with Crippen LogP contribution in [0.25, 0.3) is 0 Å². The molecule has 19 heavy (non-hydrogen) atoms. The van der Waals surface area contributed by atoms with E-state index in [0.29, 0.717) is 12.2 Å².